The van der Waals surface area contributed by atoms with Crippen LogP contribution >= 0.6 is 0 Å². The molecule has 1 N–H and O–H groups in total. The van der Waals surface area contributed by atoms with E-state index in [1.165, 1.54) is 0 Å². The highest BCUT2D eigenvalue weighted by atomic mass is 16.5. The summed E-state index contributed by atoms with van der Waals surface area (Å²) in [5.74, 6) is 1.58. The number of benzene rings is 2. The van der Waals surface area contributed by atoms with Crippen molar-refractivity contribution >= 4 is 10.9 Å². The molecule has 5 heteroatoms. The van der Waals surface area contributed by atoms with Gasteiger partial charge in [-0.1, -0.05) is 18.2 Å². The van der Waals surface area contributed by atoms with Crippen LogP contribution in [0.15, 0.2) is 47.3 Å². The van der Waals surface area contributed by atoms with Crippen LogP contribution in [0.5, 0.6) is 11.5 Å². The van der Waals surface area contributed by atoms with Gasteiger partial charge in [-0.25, -0.2) is 4.98 Å². The number of aromatic nitrogens is 2. The summed E-state index contributed by atoms with van der Waals surface area (Å²) in [5, 5.41) is 0.558. The SMILES string of the molecule is COc1cccc(-c2nc3ccccc3c(=O)[nH]2)c1OC. The fourth-order valence-corrected chi connectivity index (χ4v) is 2.29. The Bertz CT molecular complexity index is 856. The van der Waals surface area contributed by atoms with Crippen molar-refractivity contribution in [2.45, 2.75) is 0 Å². The van der Waals surface area contributed by atoms with Crippen molar-refractivity contribution in [2.75, 3.05) is 14.2 Å². The average Bonchev–Trinajstić information content (AvgIpc) is 2.54. The van der Waals surface area contributed by atoms with Crippen LogP contribution in [0.1, 0.15) is 0 Å². The van der Waals surface area contributed by atoms with Gasteiger partial charge in [0.05, 0.1) is 30.7 Å². The first-order valence-electron chi connectivity index (χ1n) is 6.45. The Kier molecular flexibility index (Phi) is 3.31. The molecule has 2 aromatic carbocycles. The van der Waals surface area contributed by atoms with Gasteiger partial charge in [-0.3, -0.25) is 4.79 Å². The minimum absolute atomic E-state index is 0.180. The molecular weight excluding hydrogens is 268 g/mol. The molecule has 0 aliphatic rings. The number of nitrogens with zero attached hydrogens (tertiary/aromatic N) is 1. The predicted octanol–water partition coefficient (Wildman–Crippen LogP) is 2.61. The Morgan fingerprint density at radius 3 is 2.57 bits per heavy atom. The monoisotopic (exact) mass is 282 g/mol. The maximum absolute atomic E-state index is 12.2. The normalized spacial score (nSPS) is 10.6. The highest BCUT2D eigenvalue weighted by Crippen LogP contribution is 2.36. The van der Waals surface area contributed by atoms with Crippen LogP contribution in [0.4, 0.5) is 0 Å². The molecule has 3 rings (SSSR count). The number of para-hydroxylation sites is 2. The Balaban J connectivity index is 2.28. The third kappa shape index (κ3) is 2.23. The summed E-state index contributed by atoms with van der Waals surface area (Å²) in [6.45, 7) is 0. The Morgan fingerprint density at radius 2 is 1.81 bits per heavy atom. The Morgan fingerprint density at radius 1 is 1.00 bits per heavy atom. The second kappa shape index (κ2) is 5.28. The molecule has 0 unspecified atom stereocenters. The van der Waals surface area contributed by atoms with Crippen molar-refractivity contribution in [3.8, 4) is 22.9 Å². The Hall–Kier alpha value is -2.82. The molecule has 0 saturated heterocycles. The maximum atomic E-state index is 12.2. The molecule has 0 atom stereocenters. The van der Waals surface area contributed by atoms with Crippen LogP contribution in [0.3, 0.4) is 0 Å². The van der Waals surface area contributed by atoms with Gasteiger partial charge in [0.15, 0.2) is 11.5 Å². The van der Waals surface area contributed by atoms with Crippen molar-refractivity contribution in [1.29, 1.82) is 0 Å². The number of rotatable bonds is 3. The average molecular weight is 282 g/mol. The summed E-state index contributed by atoms with van der Waals surface area (Å²) in [6.07, 6.45) is 0. The molecule has 3 aromatic rings. The molecule has 0 bridgehead atoms. The van der Waals surface area contributed by atoms with E-state index in [4.69, 9.17) is 9.47 Å². The lowest BCUT2D eigenvalue weighted by Gasteiger charge is -2.12. The number of fused-ring (bicyclic) bond motifs is 1. The zero-order chi connectivity index (χ0) is 14.8. The molecule has 0 aliphatic heterocycles. The molecular formula is C16H14N2O3. The predicted molar refractivity (Wildman–Crippen MR) is 80.9 cm³/mol. The van der Waals surface area contributed by atoms with Gasteiger partial charge in [-0.05, 0) is 24.3 Å². The molecule has 1 heterocycles. The quantitative estimate of drug-likeness (QED) is 0.802. The fraction of sp³-hybridized carbons (Fsp3) is 0.125. The summed E-state index contributed by atoms with van der Waals surface area (Å²) in [7, 11) is 3.12. The molecule has 1 aromatic heterocycles. The fourth-order valence-electron chi connectivity index (χ4n) is 2.29. The van der Waals surface area contributed by atoms with Crippen LogP contribution in [-0.2, 0) is 0 Å². The maximum Gasteiger partial charge on any atom is 0.259 e. The van der Waals surface area contributed by atoms with Crippen LogP contribution in [0.25, 0.3) is 22.3 Å². The van der Waals surface area contributed by atoms with Crippen LogP contribution in [-0.4, -0.2) is 24.2 Å². The number of nitrogens with one attached hydrogen (secondary N) is 1. The number of hydrogen-bond donors (Lipinski definition) is 1. The summed E-state index contributed by atoms with van der Waals surface area (Å²) in [5.41, 5.74) is 1.14. The van der Waals surface area contributed by atoms with Gasteiger partial charge in [0.25, 0.3) is 5.56 Å². The smallest absolute Gasteiger partial charge is 0.259 e. The van der Waals surface area contributed by atoms with Crippen molar-refractivity contribution in [2.24, 2.45) is 0 Å². The van der Waals surface area contributed by atoms with Crippen molar-refractivity contribution < 1.29 is 9.47 Å². The Labute approximate surface area is 121 Å². The summed E-state index contributed by atoms with van der Waals surface area (Å²) in [6, 6.07) is 12.7. The topological polar surface area (TPSA) is 64.2 Å². The molecule has 0 fully saturated rings. The lowest BCUT2D eigenvalue weighted by molar-refractivity contribution is 0.356. The molecule has 5 nitrogen and oxygen atoms in total. The van der Waals surface area contributed by atoms with Crippen LogP contribution in [0, 0.1) is 0 Å². The molecule has 0 amide bonds. The standard InChI is InChI=1S/C16H14N2O3/c1-20-13-9-5-7-11(14(13)21-2)15-17-12-8-4-3-6-10(12)16(19)18-15/h3-9H,1-2H3,(H,17,18,19). The lowest BCUT2D eigenvalue weighted by atomic mass is 10.1. The van der Waals surface area contributed by atoms with Gasteiger partial charge in [0.2, 0.25) is 0 Å². The lowest BCUT2D eigenvalue weighted by Crippen LogP contribution is -2.09. The first-order chi connectivity index (χ1) is 10.2. The van der Waals surface area contributed by atoms with Crippen molar-refractivity contribution in [1.82, 2.24) is 9.97 Å². The highest BCUT2D eigenvalue weighted by molar-refractivity contribution is 5.80. The number of aromatic amines is 1. The van der Waals surface area contributed by atoms with Gasteiger partial charge in [0, 0.05) is 0 Å². The van der Waals surface area contributed by atoms with Crippen molar-refractivity contribution in [3.63, 3.8) is 0 Å². The second-order valence-corrected chi connectivity index (χ2v) is 4.47. The van der Waals surface area contributed by atoms with E-state index in [0.717, 1.165) is 0 Å². The van der Waals surface area contributed by atoms with E-state index in [-0.39, 0.29) is 5.56 Å². The first-order valence-corrected chi connectivity index (χ1v) is 6.45. The van der Waals surface area contributed by atoms with E-state index in [1.807, 2.05) is 24.3 Å². The molecule has 0 saturated carbocycles. The van der Waals surface area contributed by atoms with Crippen LogP contribution in [0.2, 0.25) is 0 Å². The van der Waals surface area contributed by atoms with Crippen LogP contribution < -0.4 is 15.0 Å². The third-order valence-corrected chi connectivity index (χ3v) is 3.27. The van der Waals surface area contributed by atoms with Gasteiger partial charge >= 0.3 is 0 Å². The largest absolute Gasteiger partial charge is 0.493 e. The minimum Gasteiger partial charge on any atom is -0.493 e. The van der Waals surface area contributed by atoms with E-state index in [1.54, 1.807) is 32.4 Å². The van der Waals surface area contributed by atoms with Gasteiger partial charge < -0.3 is 14.5 Å². The number of H-pyrrole nitrogens is 1. The molecule has 106 valence electrons. The zero-order valence-electron chi connectivity index (χ0n) is 11.7. The first kappa shape index (κ1) is 13.2. The third-order valence-electron chi connectivity index (χ3n) is 3.27. The van der Waals surface area contributed by atoms with E-state index >= 15 is 0 Å². The number of hydrogen-bond acceptors (Lipinski definition) is 4. The molecule has 0 spiro atoms. The highest BCUT2D eigenvalue weighted by Gasteiger charge is 2.14. The van der Waals surface area contributed by atoms with Gasteiger partial charge in [0.1, 0.15) is 5.82 Å². The molecule has 21 heavy (non-hydrogen) atoms. The molecule has 0 aliphatic carbocycles. The number of ether oxygens (including phenoxy) is 2. The number of methoxy groups -OCH3 is 2. The summed E-state index contributed by atoms with van der Waals surface area (Å²) in [4.78, 5) is 19.4. The minimum atomic E-state index is -0.180. The second-order valence-electron chi connectivity index (χ2n) is 4.47. The van der Waals surface area contributed by atoms with E-state index < -0.39 is 0 Å². The van der Waals surface area contributed by atoms with Gasteiger partial charge in [-0.2, -0.15) is 0 Å². The van der Waals surface area contributed by atoms with Crippen molar-refractivity contribution in [3.05, 3.63) is 52.8 Å². The summed E-state index contributed by atoms with van der Waals surface area (Å²) >= 11 is 0. The van der Waals surface area contributed by atoms with E-state index in [0.29, 0.717) is 33.8 Å². The molecule has 0 radical (unpaired) electrons. The van der Waals surface area contributed by atoms with E-state index in [2.05, 4.69) is 9.97 Å². The summed E-state index contributed by atoms with van der Waals surface area (Å²) < 4.78 is 10.7. The van der Waals surface area contributed by atoms with Gasteiger partial charge in [-0.15, -0.1) is 0 Å². The van der Waals surface area contributed by atoms with E-state index in [9.17, 15) is 4.79 Å². The zero-order valence-corrected chi connectivity index (χ0v) is 11.7.